The van der Waals surface area contributed by atoms with E-state index in [4.69, 9.17) is 4.74 Å². The van der Waals surface area contributed by atoms with E-state index >= 15 is 0 Å². The smallest absolute Gasteiger partial charge is 0.358 e. The third kappa shape index (κ3) is 4.52. The molecule has 1 amide bonds. The minimum atomic E-state index is -0.994. The molecule has 1 aromatic heterocycles. The molecule has 3 rings (SSSR count). The molecule has 0 radical (unpaired) electrons. The fourth-order valence-electron chi connectivity index (χ4n) is 3.11. The third-order valence-corrected chi connectivity index (χ3v) is 5.56. The molecule has 1 aliphatic rings. The number of rotatable bonds is 5. The van der Waals surface area contributed by atoms with Crippen LogP contribution in [0.15, 0.2) is 35.7 Å². The fraction of sp³-hybridized carbons (Fsp3) is 0.400. The number of amides is 1. The number of thiazole rings is 1. The Labute approximate surface area is 162 Å². The van der Waals surface area contributed by atoms with Crippen molar-refractivity contribution in [2.45, 2.75) is 50.7 Å². The first-order chi connectivity index (χ1) is 13.0. The van der Waals surface area contributed by atoms with Gasteiger partial charge in [-0.25, -0.2) is 9.78 Å². The molecule has 1 N–H and O–H groups in total. The van der Waals surface area contributed by atoms with Crippen LogP contribution in [0.3, 0.4) is 0 Å². The van der Waals surface area contributed by atoms with Gasteiger partial charge in [-0.3, -0.25) is 4.79 Å². The molecule has 0 spiro atoms. The summed E-state index contributed by atoms with van der Waals surface area (Å²) in [6, 6.07) is 11.8. The normalized spacial score (nSPS) is 16.7. The van der Waals surface area contributed by atoms with Crippen LogP contribution in [0.4, 0.5) is 0 Å². The van der Waals surface area contributed by atoms with Gasteiger partial charge in [0.2, 0.25) is 0 Å². The molecule has 27 heavy (non-hydrogen) atoms. The van der Waals surface area contributed by atoms with Crippen molar-refractivity contribution in [2.24, 2.45) is 0 Å². The quantitative estimate of drug-likeness (QED) is 0.795. The number of esters is 1. The van der Waals surface area contributed by atoms with Gasteiger partial charge in [0.15, 0.2) is 11.8 Å². The Kier molecular flexibility index (Phi) is 5.87. The minimum absolute atomic E-state index is 0.172. The lowest BCUT2D eigenvalue weighted by atomic mass is 9.83. The van der Waals surface area contributed by atoms with Crippen molar-refractivity contribution in [1.82, 2.24) is 10.3 Å². The summed E-state index contributed by atoms with van der Waals surface area (Å²) in [6.07, 6.45) is 3.14. The molecule has 1 fully saturated rings. The van der Waals surface area contributed by atoms with E-state index in [1.165, 1.54) is 18.3 Å². The number of benzene rings is 1. The first kappa shape index (κ1) is 19.1. The van der Waals surface area contributed by atoms with Crippen molar-refractivity contribution in [1.29, 1.82) is 5.26 Å². The number of nitrogens with one attached hydrogen (secondary N) is 1. The van der Waals surface area contributed by atoms with E-state index in [9.17, 15) is 14.9 Å². The molecule has 1 aliphatic carbocycles. The van der Waals surface area contributed by atoms with Crippen LogP contribution in [0.5, 0.6) is 0 Å². The number of hydrogen-bond donors (Lipinski definition) is 1. The minimum Gasteiger partial charge on any atom is -0.448 e. The van der Waals surface area contributed by atoms with Crippen molar-refractivity contribution in [3.63, 3.8) is 0 Å². The van der Waals surface area contributed by atoms with E-state index in [0.29, 0.717) is 17.8 Å². The van der Waals surface area contributed by atoms with Gasteiger partial charge >= 0.3 is 5.97 Å². The summed E-state index contributed by atoms with van der Waals surface area (Å²) in [7, 11) is 0. The number of carbonyl (C=O) groups is 2. The van der Waals surface area contributed by atoms with Gasteiger partial charge in [-0.1, -0.05) is 49.6 Å². The number of aromatic nitrogens is 1. The molecule has 1 atom stereocenters. The van der Waals surface area contributed by atoms with Crippen molar-refractivity contribution in [2.75, 3.05) is 0 Å². The van der Waals surface area contributed by atoms with E-state index in [0.717, 1.165) is 24.8 Å². The monoisotopic (exact) mass is 383 g/mol. The second-order valence-corrected chi connectivity index (χ2v) is 7.55. The predicted octanol–water partition coefficient (Wildman–Crippen LogP) is 3.70. The van der Waals surface area contributed by atoms with Crippen molar-refractivity contribution in [3.8, 4) is 16.6 Å². The maximum Gasteiger partial charge on any atom is 0.358 e. The highest BCUT2D eigenvalue weighted by Crippen LogP contribution is 2.28. The Morgan fingerprint density at radius 1 is 1.26 bits per heavy atom. The lowest BCUT2D eigenvalue weighted by molar-refractivity contribution is -0.130. The van der Waals surface area contributed by atoms with E-state index < -0.39 is 23.5 Å². The maximum absolute atomic E-state index is 12.4. The highest BCUT2D eigenvalue weighted by Gasteiger charge is 2.35. The summed E-state index contributed by atoms with van der Waals surface area (Å²) in [4.78, 5) is 29.0. The molecule has 7 heteroatoms. The second-order valence-electron chi connectivity index (χ2n) is 6.70. The molecule has 1 aromatic carbocycles. The molecule has 0 bridgehead atoms. The highest BCUT2D eigenvalue weighted by molar-refractivity contribution is 7.13. The Morgan fingerprint density at radius 2 is 1.96 bits per heavy atom. The number of ether oxygens (including phenoxy) is 1. The average molecular weight is 383 g/mol. The lowest BCUT2D eigenvalue weighted by Crippen LogP contribution is -2.52. The zero-order valence-electron chi connectivity index (χ0n) is 15.1. The summed E-state index contributed by atoms with van der Waals surface area (Å²) in [6.45, 7) is 1.51. The van der Waals surface area contributed by atoms with E-state index in [1.807, 2.05) is 30.3 Å². The molecule has 0 saturated heterocycles. The van der Waals surface area contributed by atoms with Crippen LogP contribution >= 0.6 is 11.3 Å². The fourth-order valence-corrected chi connectivity index (χ4v) is 3.91. The average Bonchev–Trinajstić information content (AvgIpc) is 3.19. The predicted molar refractivity (Wildman–Crippen MR) is 102 cm³/mol. The number of nitriles is 1. The first-order valence-electron chi connectivity index (χ1n) is 8.98. The zero-order chi connectivity index (χ0) is 19.3. The third-order valence-electron chi connectivity index (χ3n) is 4.67. The van der Waals surface area contributed by atoms with E-state index in [2.05, 4.69) is 16.4 Å². The summed E-state index contributed by atoms with van der Waals surface area (Å²) in [5.74, 6) is -1.10. The summed E-state index contributed by atoms with van der Waals surface area (Å²) in [5.41, 5.74) is 0.240. The summed E-state index contributed by atoms with van der Waals surface area (Å²) < 4.78 is 5.26. The van der Waals surface area contributed by atoms with Crippen LogP contribution in [0.2, 0.25) is 0 Å². The van der Waals surface area contributed by atoms with Gasteiger partial charge in [0.05, 0.1) is 6.07 Å². The van der Waals surface area contributed by atoms with Crippen LogP contribution in [0, 0.1) is 11.3 Å². The van der Waals surface area contributed by atoms with Crippen LogP contribution < -0.4 is 5.32 Å². The Morgan fingerprint density at radius 3 is 2.63 bits per heavy atom. The molecule has 1 heterocycles. The van der Waals surface area contributed by atoms with Crippen molar-refractivity contribution < 1.29 is 14.3 Å². The molecular weight excluding hydrogens is 362 g/mol. The highest BCUT2D eigenvalue weighted by atomic mass is 32.1. The van der Waals surface area contributed by atoms with Crippen molar-refractivity contribution in [3.05, 3.63) is 41.4 Å². The Balaban J connectivity index is 1.61. The molecular formula is C20H21N3O3S. The number of hydrogen-bond acceptors (Lipinski definition) is 6. The summed E-state index contributed by atoms with van der Waals surface area (Å²) >= 11 is 1.34. The van der Waals surface area contributed by atoms with Crippen LogP contribution in [0.25, 0.3) is 10.6 Å². The Bertz CT molecular complexity index is 851. The summed E-state index contributed by atoms with van der Waals surface area (Å²) in [5, 5.41) is 14.6. The van der Waals surface area contributed by atoms with Gasteiger partial charge in [0, 0.05) is 10.9 Å². The van der Waals surface area contributed by atoms with Gasteiger partial charge in [0.25, 0.3) is 5.91 Å². The van der Waals surface area contributed by atoms with Crippen LogP contribution in [-0.4, -0.2) is 28.5 Å². The van der Waals surface area contributed by atoms with Gasteiger partial charge in [0.1, 0.15) is 10.5 Å². The van der Waals surface area contributed by atoms with Gasteiger partial charge < -0.3 is 10.1 Å². The zero-order valence-corrected chi connectivity index (χ0v) is 15.9. The van der Waals surface area contributed by atoms with Gasteiger partial charge in [-0.15, -0.1) is 11.3 Å². The molecule has 2 aromatic rings. The molecule has 1 saturated carbocycles. The molecule has 140 valence electrons. The second kappa shape index (κ2) is 8.31. The Hall–Kier alpha value is -2.72. The SMILES string of the molecule is CC(OC(=O)c1csc(-c2ccccc2)n1)C(=O)NC1(C#N)CCCCC1. The number of carbonyl (C=O) groups excluding carboxylic acids is 2. The van der Waals surface area contributed by atoms with Gasteiger partial charge in [-0.2, -0.15) is 5.26 Å². The standard InChI is InChI=1S/C20H21N3O3S/c1-14(17(24)23-20(13-21)10-6-3-7-11-20)26-19(25)16-12-27-18(22-16)15-8-4-2-5-9-15/h2,4-5,8-9,12,14H,3,6-7,10-11H2,1H3,(H,23,24). The maximum atomic E-state index is 12.4. The van der Waals surface area contributed by atoms with Crippen LogP contribution in [-0.2, 0) is 9.53 Å². The lowest BCUT2D eigenvalue weighted by Gasteiger charge is -2.32. The topological polar surface area (TPSA) is 92.1 Å². The van der Waals surface area contributed by atoms with Gasteiger partial charge in [-0.05, 0) is 19.8 Å². The molecule has 0 aliphatic heterocycles. The van der Waals surface area contributed by atoms with Crippen LogP contribution in [0.1, 0.15) is 49.5 Å². The first-order valence-corrected chi connectivity index (χ1v) is 9.86. The molecule has 1 unspecified atom stereocenters. The molecule has 6 nitrogen and oxygen atoms in total. The van der Waals surface area contributed by atoms with E-state index in [-0.39, 0.29) is 5.69 Å². The van der Waals surface area contributed by atoms with E-state index in [1.54, 1.807) is 5.38 Å². The van der Waals surface area contributed by atoms with Crippen molar-refractivity contribution >= 4 is 23.2 Å². The number of nitrogens with zero attached hydrogens (tertiary/aromatic N) is 2. The largest absolute Gasteiger partial charge is 0.448 e.